The van der Waals surface area contributed by atoms with Crippen LogP contribution in [0.4, 0.5) is 0 Å². The molecule has 14 heavy (non-hydrogen) atoms. The van der Waals surface area contributed by atoms with E-state index in [1.54, 1.807) is 0 Å². The van der Waals surface area contributed by atoms with Crippen molar-refractivity contribution >= 4 is 22.6 Å². The van der Waals surface area contributed by atoms with Crippen molar-refractivity contribution in [2.24, 2.45) is 7.05 Å². The number of aryl methyl sites for hydroxylation is 3. The van der Waals surface area contributed by atoms with Gasteiger partial charge in [0.1, 0.15) is 5.82 Å². The summed E-state index contributed by atoms with van der Waals surface area (Å²) < 4.78 is 2.05. The van der Waals surface area contributed by atoms with Crippen LogP contribution in [0.25, 0.3) is 11.0 Å². The van der Waals surface area contributed by atoms with E-state index in [4.69, 9.17) is 11.6 Å². The number of halogens is 1. The standard InChI is InChI=1S/C11H13ClN2/c1-7-4-9-10(5-8(7)2)14(3)11(6-12)13-9/h4-5H,6H2,1-3H3. The largest absolute Gasteiger partial charge is 0.330 e. The Morgan fingerprint density at radius 3 is 2.57 bits per heavy atom. The van der Waals surface area contributed by atoms with Gasteiger partial charge < -0.3 is 4.57 Å². The van der Waals surface area contributed by atoms with Gasteiger partial charge >= 0.3 is 0 Å². The molecule has 1 aromatic heterocycles. The SMILES string of the molecule is Cc1cc2nc(CCl)n(C)c2cc1C. The fourth-order valence-electron chi connectivity index (χ4n) is 1.62. The van der Waals surface area contributed by atoms with Gasteiger partial charge in [0, 0.05) is 7.05 Å². The topological polar surface area (TPSA) is 17.8 Å². The molecule has 0 aliphatic heterocycles. The van der Waals surface area contributed by atoms with Gasteiger partial charge in [-0.15, -0.1) is 11.6 Å². The predicted molar refractivity (Wildman–Crippen MR) is 59.7 cm³/mol. The number of fused-ring (bicyclic) bond motifs is 1. The summed E-state index contributed by atoms with van der Waals surface area (Å²) in [5, 5.41) is 0. The highest BCUT2D eigenvalue weighted by molar-refractivity contribution is 6.16. The Balaban J connectivity index is 2.80. The fourth-order valence-corrected chi connectivity index (χ4v) is 1.86. The molecule has 0 saturated heterocycles. The summed E-state index contributed by atoms with van der Waals surface area (Å²) in [6, 6.07) is 4.27. The zero-order chi connectivity index (χ0) is 10.3. The molecule has 2 rings (SSSR count). The quantitative estimate of drug-likeness (QED) is 0.659. The van der Waals surface area contributed by atoms with Crippen molar-refractivity contribution in [1.82, 2.24) is 9.55 Å². The second-order valence-corrected chi connectivity index (χ2v) is 3.91. The normalized spacial score (nSPS) is 11.1. The Kier molecular flexibility index (Phi) is 2.23. The molecular weight excluding hydrogens is 196 g/mol. The molecule has 0 aliphatic rings. The van der Waals surface area contributed by atoms with Crippen LogP contribution >= 0.6 is 11.6 Å². The molecule has 0 radical (unpaired) electrons. The van der Waals surface area contributed by atoms with Crippen LogP contribution in [0.1, 0.15) is 17.0 Å². The molecule has 0 saturated carbocycles. The van der Waals surface area contributed by atoms with Gasteiger partial charge in [-0.2, -0.15) is 0 Å². The van der Waals surface area contributed by atoms with E-state index < -0.39 is 0 Å². The number of hydrogen-bond acceptors (Lipinski definition) is 1. The molecular formula is C11H13ClN2. The molecule has 0 aliphatic carbocycles. The summed E-state index contributed by atoms with van der Waals surface area (Å²) in [5.41, 5.74) is 4.76. The summed E-state index contributed by atoms with van der Waals surface area (Å²) in [7, 11) is 2.00. The van der Waals surface area contributed by atoms with Crippen molar-refractivity contribution in [1.29, 1.82) is 0 Å². The lowest BCUT2D eigenvalue weighted by molar-refractivity contribution is 0.873. The van der Waals surface area contributed by atoms with Gasteiger partial charge in [0.25, 0.3) is 0 Å². The molecule has 0 fully saturated rings. The summed E-state index contributed by atoms with van der Waals surface area (Å²) in [4.78, 5) is 4.46. The van der Waals surface area contributed by atoms with E-state index in [2.05, 4.69) is 35.5 Å². The lowest BCUT2D eigenvalue weighted by Gasteiger charge is -2.01. The number of nitrogens with zero attached hydrogens (tertiary/aromatic N) is 2. The third-order valence-electron chi connectivity index (χ3n) is 2.71. The highest BCUT2D eigenvalue weighted by Crippen LogP contribution is 2.20. The van der Waals surface area contributed by atoms with Gasteiger partial charge in [-0.05, 0) is 37.1 Å². The molecule has 0 N–H and O–H groups in total. The molecule has 1 aromatic carbocycles. The predicted octanol–water partition coefficient (Wildman–Crippen LogP) is 2.93. The van der Waals surface area contributed by atoms with Crippen LogP contribution < -0.4 is 0 Å². The minimum atomic E-state index is 0.462. The minimum absolute atomic E-state index is 0.462. The van der Waals surface area contributed by atoms with Crippen molar-refractivity contribution in [3.63, 3.8) is 0 Å². The number of aromatic nitrogens is 2. The maximum Gasteiger partial charge on any atom is 0.124 e. The number of benzene rings is 1. The first-order valence-corrected chi connectivity index (χ1v) is 5.15. The van der Waals surface area contributed by atoms with Crippen molar-refractivity contribution in [3.8, 4) is 0 Å². The highest BCUT2D eigenvalue weighted by Gasteiger charge is 2.07. The molecule has 0 spiro atoms. The van der Waals surface area contributed by atoms with E-state index in [0.717, 1.165) is 16.9 Å². The zero-order valence-corrected chi connectivity index (χ0v) is 9.39. The zero-order valence-electron chi connectivity index (χ0n) is 8.63. The second-order valence-electron chi connectivity index (χ2n) is 3.65. The average molecular weight is 209 g/mol. The number of alkyl halides is 1. The van der Waals surface area contributed by atoms with Gasteiger partial charge in [0.2, 0.25) is 0 Å². The monoisotopic (exact) mass is 208 g/mol. The molecule has 2 aromatic rings. The Morgan fingerprint density at radius 1 is 1.29 bits per heavy atom. The molecule has 0 atom stereocenters. The van der Waals surface area contributed by atoms with Gasteiger partial charge in [-0.25, -0.2) is 4.98 Å². The van der Waals surface area contributed by atoms with Crippen molar-refractivity contribution in [3.05, 3.63) is 29.1 Å². The first kappa shape index (κ1) is 9.53. The van der Waals surface area contributed by atoms with Crippen LogP contribution in [0, 0.1) is 13.8 Å². The van der Waals surface area contributed by atoms with Crippen LogP contribution in [0.5, 0.6) is 0 Å². The fraction of sp³-hybridized carbons (Fsp3) is 0.364. The van der Waals surface area contributed by atoms with Crippen molar-refractivity contribution < 1.29 is 0 Å². The maximum absolute atomic E-state index is 5.80. The van der Waals surface area contributed by atoms with Crippen molar-refractivity contribution in [2.45, 2.75) is 19.7 Å². The van der Waals surface area contributed by atoms with E-state index in [-0.39, 0.29) is 0 Å². The van der Waals surface area contributed by atoms with E-state index in [1.807, 2.05) is 7.05 Å². The smallest absolute Gasteiger partial charge is 0.124 e. The van der Waals surface area contributed by atoms with E-state index in [1.165, 1.54) is 11.1 Å². The Morgan fingerprint density at radius 2 is 1.93 bits per heavy atom. The summed E-state index contributed by atoms with van der Waals surface area (Å²) in [6.07, 6.45) is 0. The summed E-state index contributed by atoms with van der Waals surface area (Å²) >= 11 is 5.80. The van der Waals surface area contributed by atoms with Crippen LogP contribution in [-0.4, -0.2) is 9.55 Å². The first-order chi connectivity index (χ1) is 6.63. The van der Waals surface area contributed by atoms with Gasteiger partial charge in [-0.1, -0.05) is 0 Å². The molecule has 3 heteroatoms. The van der Waals surface area contributed by atoms with Gasteiger partial charge in [0.05, 0.1) is 16.9 Å². The average Bonchev–Trinajstić information content (AvgIpc) is 2.45. The third-order valence-corrected chi connectivity index (χ3v) is 2.95. The van der Waals surface area contributed by atoms with E-state index >= 15 is 0 Å². The number of hydrogen-bond donors (Lipinski definition) is 0. The Bertz CT molecular complexity index is 485. The maximum atomic E-state index is 5.80. The van der Waals surface area contributed by atoms with Gasteiger partial charge in [-0.3, -0.25) is 0 Å². The van der Waals surface area contributed by atoms with Crippen LogP contribution in [0.2, 0.25) is 0 Å². The van der Waals surface area contributed by atoms with E-state index in [9.17, 15) is 0 Å². The summed E-state index contributed by atoms with van der Waals surface area (Å²) in [6.45, 7) is 4.21. The molecule has 0 unspecified atom stereocenters. The highest BCUT2D eigenvalue weighted by atomic mass is 35.5. The summed E-state index contributed by atoms with van der Waals surface area (Å²) in [5.74, 6) is 1.38. The molecule has 2 nitrogen and oxygen atoms in total. The molecule has 0 amide bonds. The molecule has 74 valence electrons. The molecule has 0 bridgehead atoms. The molecule has 1 heterocycles. The van der Waals surface area contributed by atoms with Crippen molar-refractivity contribution in [2.75, 3.05) is 0 Å². The van der Waals surface area contributed by atoms with Crippen LogP contribution in [0.15, 0.2) is 12.1 Å². The minimum Gasteiger partial charge on any atom is -0.330 e. The number of rotatable bonds is 1. The third kappa shape index (κ3) is 1.30. The lowest BCUT2D eigenvalue weighted by atomic mass is 10.1. The number of imidazole rings is 1. The first-order valence-electron chi connectivity index (χ1n) is 4.62. The van der Waals surface area contributed by atoms with Gasteiger partial charge in [0.15, 0.2) is 0 Å². The Labute approximate surface area is 88.5 Å². The lowest BCUT2D eigenvalue weighted by Crippen LogP contribution is -1.94. The van der Waals surface area contributed by atoms with Crippen LogP contribution in [-0.2, 0) is 12.9 Å². The van der Waals surface area contributed by atoms with E-state index in [0.29, 0.717) is 5.88 Å². The Hall–Kier alpha value is -1.02. The van der Waals surface area contributed by atoms with Crippen LogP contribution in [0.3, 0.4) is 0 Å². The second kappa shape index (κ2) is 3.28.